The molecule has 10 heteroatoms. The Morgan fingerprint density at radius 2 is 1.62 bits per heavy atom. The summed E-state index contributed by atoms with van der Waals surface area (Å²) in [6.45, 7) is 0.0294. The van der Waals surface area contributed by atoms with E-state index in [0.717, 1.165) is 24.3 Å². The first kappa shape index (κ1) is 25.1. The number of esters is 1. The van der Waals surface area contributed by atoms with Crippen molar-refractivity contribution in [1.82, 2.24) is 4.90 Å². The number of nitrogens with zero attached hydrogens (tertiary/aromatic N) is 1. The maximum Gasteiger partial charge on any atom is 0.416 e. The zero-order valence-electron chi connectivity index (χ0n) is 18.7. The van der Waals surface area contributed by atoms with E-state index < -0.39 is 41.9 Å². The van der Waals surface area contributed by atoms with Crippen LogP contribution >= 0.6 is 0 Å². The SMILES string of the molecule is COc1ccc(OC)c(C(=O)COC(=O)C2CCN(C(=O)c3ccc(C(F)(F)F)cc3)CC2)c1. The van der Waals surface area contributed by atoms with Crippen molar-refractivity contribution in [3.8, 4) is 11.5 Å². The third-order valence-corrected chi connectivity index (χ3v) is 5.63. The van der Waals surface area contributed by atoms with Crippen LogP contribution in [-0.4, -0.2) is 56.5 Å². The molecular weight excluding hydrogens is 455 g/mol. The predicted octanol–water partition coefficient (Wildman–Crippen LogP) is 4.00. The van der Waals surface area contributed by atoms with E-state index in [2.05, 4.69) is 0 Å². The van der Waals surface area contributed by atoms with Gasteiger partial charge in [0.1, 0.15) is 11.5 Å². The van der Waals surface area contributed by atoms with Crippen LogP contribution in [0, 0.1) is 5.92 Å². The van der Waals surface area contributed by atoms with E-state index in [1.807, 2.05) is 0 Å². The summed E-state index contributed by atoms with van der Waals surface area (Å²) < 4.78 is 53.6. The molecule has 0 aromatic heterocycles. The zero-order valence-corrected chi connectivity index (χ0v) is 18.7. The van der Waals surface area contributed by atoms with Gasteiger partial charge in [-0.1, -0.05) is 0 Å². The molecule has 34 heavy (non-hydrogen) atoms. The minimum atomic E-state index is -4.47. The van der Waals surface area contributed by atoms with Crippen molar-refractivity contribution in [2.45, 2.75) is 19.0 Å². The fourth-order valence-corrected chi connectivity index (χ4v) is 3.67. The lowest BCUT2D eigenvalue weighted by atomic mass is 9.96. The average molecular weight is 479 g/mol. The van der Waals surface area contributed by atoms with Gasteiger partial charge in [-0.3, -0.25) is 14.4 Å². The zero-order chi connectivity index (χ0) is 24.9. The van der Waals surface area contributed by atoms with E-state index in [-0.39, 0.29) is 24.2 Å². The van der Waals surface area contributed by atoms with E-state index in [4.69, 9.17) is 14.2 Å². The summed E-state index contributed by atoms with van der Waals surface area (Å²) in [5, 5.41) is 0. The second kappa shape index (κ2) is 10.6. The van der Waals surface area contributed by atoms with Gasteiger partial charge in [0.15, 0.2) is 6.61 Å². The highest BCUT2D eigenvalue weighted by Crippen LogP contribution is 2.30. The normalized spacial score (nSPS) is 14.4. The van der Waals surface area contributed by atoms with Crippen LogP contribution in [0.5, 0.6) is 11.5 Å². The Labute approximate surface area is 194 Å². The van der Waals surface area contributed by atoms with E-state index in [1.165, 1.54) is 25.2 Å². The molecule has 0 unspecified atom stereocenters. The van der Waals surface area contributed by atoms with Crippen molar-refractivity contribution >= 4 is 17.7 Å². The highest BCUT2D eigenvalue weighted by Gasteiger charge is 2.32. The highest BCUT2D eigenvalue weighted by molar-refractivity contribution is 6.00. The first-order chi connectivity index (χ1) is 16.1. The molecule has 0 atom stereocenters. The van der Waals surface area contributed by atoms with Crippen molar-refractivity contribution < 1.29 is 41.8 Å². The number of benzene rings is 2. The second-order valence-electron chi connectivity index (χ2n) is 7.74. The molecule has 0 N–H and O–H groups in total. The molecule has 1 heterocycles. The molecule has 1 aliphatic heterocycles. The Morgan fingerprint density at radius 1 is 0.971 bits per heavy atom. The van der Waals surface area contributed by atoms with Crippen LogP contribution in [-0.2, 0) is 15.7 Å². The maximum absolute atomic E-state index is 12.7. The quantitative estimate of drug-likeness (QED) is 0.441. The van der Waals surface area contributed by atoms with Crippen LogP contribution < -0.4 is 9.47 Å². The molecular formula is C24H24F3NO6. The fourth-order valence-electron chi connectivity index (χ4n) is 3.67. The molecule has 1 fully saturated rings. The van der Waals surface area contributed by atoms with Crippen molar-refractivity contribution in [2.24, 2.45) is 5.92 Å². The molecule has 0 bridgehead atoms. The van der Waals surface area contributed by atoms with Crippen LogP contribution in [0.4, 0.5) is 13.2 Å². The summed E-state index contributed by atoms with van der Waals surface area (Å²) in [5.41, 5.74) is -0.454. The van der Waals surface area contributed by atoms with Gasteiger partial charge in [-0.15, -0.1) is 0 Å². The van der Waals surface area contributed by atoms with Gasteiger partial charge in [0.25, 0.3) is 5.91 Å². The molecule has 182 valence electrons. The van der Waals surface area contributed by atoms with Crippen molar-refractivity contribution in [1.29, 1.82) is 0 Å². The number of Topliss-reactive ketones (excluding diaryl/α,β-unsaturated/α-hetero) is 1. The topological polar surface area (TPSA) is 82.1 Å². The molecule has 1 aliphatic rings. The third kappa shape index (κ3) is 5.86. The van der Waals surface area contributed by atoms with Gasteiger partial charge in [0.2, 0.25) is 5.78 Å². The lowest BCUT2D eigenvalue weighted by molar-refractivity contribution is -0.148. The van der Waals surface area contributed by atoms with E-state index in [1.54, 1.807) is 12.1 Å². The van der Waals surface area contributed by atoms with Crippen LogP contribution in [0.1, 0.15) is 39.1 Å². The monoisotopic (exact) mass is 479 g/mol. The number of ketones is 1. The van der Waals surface area contributed by atoms with Crippen LogP contribution in [0.3, 0.4) is 0 Å². The van der Waals surface area contributed by atoms with Gasteiger partial charge in [-0.05, 0) is 55.3 Å². The van der Waals surface area contributed by atoms with Gasteiger partial charge in [-0.2, -0.15) is 13.2 Å². The first-order valence-electron chi connectivity index (χ1n) is 10.5. The summed E-state index contributed by atoms with van der Waals surface area (Å²) in [5.74, 6) is -1.09. The summed E-state index contributed by atoms with van der Waals surface area (Å²) in [6.07, 6.45) is -3.83. The minimum absolute atomic E-state index is 0.145. The molecule has 0 radical (unpaired) electrons. The molecule has 3 rings (SSSR count). The summed E-state index contributed by atoms with van der Waals surface area (Å²) in [4.78, 5) is 39.0. The van der Waals surface area contributed by atoms with Crippen LogP contribution in [0.2, 0.25) is 0 Å². The number of carbonyl (C=O) groups excluding carboxylic acids is 3. The third-order valence-electron chi connectivity index (χ3n) is 5.63. The number of amides is 1. The van der Waals surface area contributed by atoms with E-state index in [9.17, 15) is 27.6 Å². The molecule has 2 aromatic carbocycles. The average Bonchev–Trinajstić information content (AvgIpc) is 2.85. The Morgan fingerprint density at radius 3 is 2.18 bits per heavy atom. The number of hydrogen-bond acceptors (Lipinski definition) is 6. The summed E-state index contributed by atoms with van der Waals surface area (Å²) in [6, 6.07) is 8.74. The molecule has 0 spiro atoms. The number of hydrogen-bond donors (Lipinski definition) is 0. The lowest BCUT2D eigenvalue weighted by Crippen LogP contribution is -2.40. The van der Waals surface area contributed by atoms with Gasteiger partial charge >= 0.3 is 12.1 Å². The molecule has 7 nitrogen and oxygen atoms in total. The Balaban J connectivity index is 1.52. The second-order valence-corrected chi connectivity index (χ2v) is 7.74. The van der Waals surface area contributed by atoms with Crippen molar-refractivity contribution in [3.05, 3.63) is 59.2 Å². The predicted molar refractivity (Wildman–Crippen MR) is 115 cm³/mol. The Hall–Kier alpha value is -3.56. The van der Waals surface area contributed by atoms with Crippen LogP contribution in [0.15, 0.2) is 42.5 Å². The minimum Gasteiger partial charge on any atom is -0.497 e. The molecule has 1 amide bonds. The lowest BCUT2D eigenvalue weighted by Gasteiger charge is -2.31. The summed E-state index contributed by atoms with van der Waals surface area (Å²) in [7, 11) is 2.88. The largest absolute Gasteiger partial charge is 0.497 e. The number of ether oxygens (including phenoxy) is 3. The smallest absolute Gasteiger partial charge is 0.416 e. The molecule has 2 aromatic rings. The maximum atomic E-state index is 12.7. The number of piperidine rings is 1. The number of alkyl halides is 3. The van der Waals surface area contributed by atoms with Crippen molar-refractivity contribution in [3.63, 3.8) is 0 Å². The molecule has 1 saturated heterocycles. The summed E-state index contributed by atoms with van der Waals surface area (Å²) >= 11 is 0. The Bertz CT molecular complexity index is 1040. The van der Waals surface area contributed by atoms with Gasteiger partial charge in [-0.25, -0.2) is 0 Å². The molecule has 0 saturated carbocycles. The van der Waals surface area contributed by atoms with Gasteiger partial charge in [0, 0.05) is 18.7 Å². The van der Waals surface area contributed by atoms with Crippen molar-refractivity contribution in [2.75, 3.05) is 33.9 Å². The highest BCUT2D eigenvalue weighted by atomic mass is 19.4. The standard InChI is InChI=1S/C24H24F3NO6/c1-32-18-7-8-21(33-2)19(13-18)20(29)14-34-23(31)16-9-11-28(12-10-16)22(30)15-3-5-17(6-4-15)24(25,26)27/h3-8,13,16H,9-12,14H2,1-2H3. The number of halogens is 3. The number of rotatable bonds is 7. The van der Waals surface area contributed by atoms with E-state index in [0.29, 0.717) is 24.3 Å². The molecule has 0 aliphatic carbocycles. The number of likely N-dealkylation sites (tertiary alicyclic amines) is 1. The van der Waals surface area contributed by atoms with Gasteiger partial charge < -0.3 is 19.1 Å². The first-order valence-corrected chi connectivity index (χ1v) is 10.5. The fraction of sp³-hybridized carbons (Fsp3) is 0.375. The Kier molecular flexibility index (Phi) is 7.80. The van der Waals surface area contributed by atoms with Gasteiger partial charge in [0.05, 0.1) is 31.3 Å². The number of carbonyl (C=O) groups is 3. The number of methoxy groups -OCH3 is 2. The van der Waals surface area contributed by atoms with Crippen LogP contribution in [0.25, 0.3) is 0 Å². The van der Waals surface area contributed by atoms with E-state index >= 15 is 0 Å².